The number of piperidine rings is 1. The number of halogens is 2. The fourth-order valence-corrected chi connectivity index (χ4v) is 6.15. The number of sulfonamides is 1. The summed E-state index contributed by atoms with van der Waals surface area (Å²) in [6, 6.07) is 12.8. The highest BCUT2D eigenvalue weighted by atomic mass is 35.5. The average molecular weight is 480 g/mol. The van der Waals surface area contributed by atoms with E-state index in [0.717, 1.165) is 5.56 Å². The Morgan fingerprint density at radius 1 is 1.03 bits per heavy atom. The zero-order chi connectivity index (χ0) is 22.7. The van der Waals surface area contributed by atoms with Crippen LogP contribution in [0.3, 0.4) is 0 Å². The fraction of sp³-hybridized carbons (Fsp3) is 0.435. The number of benzene rings is 2. The van der Waals surface area contributed by atoms with Gasteiger partial charge in [-0.1, -0.05) is 35.9 Å². The van der Waals surface area contributed by atoms with Crippen molar-refractivity contribution in [1.82, 2.24) is 14.1 Å². The van der Waals surface area contributed by atoms with E-state index in [1.165, 1.54) is 16.4 Å². The van der Waals surface area contributed by atoms with Crippen molar-refractivity contribution in [3.8, 4) is 0 Å². The summed E-state index contributed by atoms with van der Waals surface area (Å²) in [7, 11) is -3.59. The van der Waals surface area contributed by atoms with Crippen LogP contribution in [0.25, 0.3) is 0 Å². The first-order chi connectivity index (χ1) is 15.3. The molecule has 0 N–H and O–H groups in total. The maximum Gasteiger partial charge on any atom is 0.243 e. The third kappa shape index (κ3) is 5.14. The van der Waals surface area contributed by atoms with Gasteiger partial charge in [-0.15, -0.1) is 0 Å². The molecule has 1 amide bonds. The molecule has 1 unspecified atom stereocenters. The molecule has 1 atom stereocenters. The summed E-state index contributed by atoms with van der Waals surface area (Å²) in [4.78, 5) is 17.4. The number of nitrogens with zero attached hydrogens (tertiary/aromatic N) is 3. The van der Waals surface area contributed by atoms with E-state index >= 15 is 0 Å². The fourth-order valence-electron chi connectivity index (χ4n) is 4.38. The Bertz CT molecular complexity index is 1060. The van der Waals surface area contributed by atoms with E-state index in [4.69, 9.17) is 11.6 Å². The van der Waals surface area contributed by atoms with Gasteiger partial charge in [0.1, 0.15) is 5.82 Å². The van der Waals surface area contributed by atoms with Crippen LogP contribution in [0.15, 0.2) is 53.4 Å². The van der Waals surface area contributed by atoms with E-state index in [0.29, 0.717) is 57.1 Å². The highest BCUT2D eigenvalue weighted by molar-refractivity contribution is 7.89. The molecule has 2 fully saturated rings. The number of carbonyl (C=O) groups excluding carboxylic acids is 1. The van der Waals surface area contributed by atoms with Crippen LogP contribution < -0.4 is 0 Å². The Morgan fingerprint density at radius 2 is 1.75 bits per heavy atom. The van der Waals surface area contributed by atoms with Gasteiger partial charge in [-0.2, -0.15) is 4.31 Å². The van der Waals surface area contributed by atoms with E-state index in [1.807, 2.05) is 4.90 Å². The van der Waals surface area contributed by atoms with Gasteiger partial charge in [-0.25, -0.2) is 12.8 Å². The maximum atomic E-state index is 13.3. The van der Waals surface area contributed by atoms with Crippen LogP contribution in [-0.4, -0.2) is 67.7 Å². The molecule has 6 nitrogen and oxygen atoms in total. The lowest BCUT2D eigenvalue weighted by Crippen LogP contribution is -2.52. The van der Waals surface area contributed by atoms with Crippen molar-refractivity contribution in [3.05, 3.63) is 64.9 Å². The van der Waals surface area contributed by atoms with Gasteiger partial charge < -0.3 is 4.90 Å². The van der Waals surface area contributed by atoms with Crippen molar-refractivity contribution in [3.63, 3.8) is 0 Å². The van der Waals surface area contributed by atoms with E-state index < -0.39 is 10.0 Å². The zero-order valence-corrected chi connectivity index (χ0v) is 19.4. The Balaban J connectivity index is 1.34. The first kappa shape index (κ1) is 23.2. The first-order valence-electron chi connectivity index (χ1n) is 10.8. The van der Waals surface area contributed by atoms with Crippen molar-refractivity contribution in [2.45, 2.75) is 24.3 Å². The SMILES string of the molecule is O=C(C1CCCN(S(=O)(=O)c2ccccc2)C1)N1CCN(Cc2ccc(F)cc2Cl)CC1. The monoisotopic (exact) mass is 479 g/mol. The molecule has 0 saturated carbocycles. The van der Waals surface area contributed by atoms with E-state index in [2.05, 4.69) is 4.90 Å². The van der Waals surface area contributed by atoms with Crippen LogP contribution in [0.4, 0.5) is 4.39 Å². The van der Waals surface area contributed by atoms with Crippen molar-refractivity contribution >= 4 is 27.5 Å². The van der Waals surface area contributed by atoms with E-state index in [9.17, 15) is 17.6 Å². The number of amides is 1. The minimum atomic E-state index is -3.59. The van der Waals surface area contributed by atoms with Crippen molar-refractivity contribution in [2.75, 3.05) is 39.3 Å². The van der Waals surface area contributed by atoms with Gasteiger partial charge in [0.15, 0.2) is 0 Å². The summed E-state index contributed by atoms with van der Waals surface area (Å²) in [6.45, 7) is 3.82. The molecule has 0 aromatic heterocycles. The number of hydrogen-bond donors (Lipinski definition) is 0. The highest BCUT2D eigenvalue weighted by Gasteiger charge is 2.35. The molecule has 9 heteroatoms. The second-order valence-electron chi connectivity index (χ2n) is 8.35. The van der Waals surface area contributed by atoms with Gasteiger partial charge in [0.2, 0.25) is 15.9 Å². The summed E-state index contributed by atoms with van der Waals surface area (Å²) >= 11 is 6.14. The lowest BCUT2D eigenvalue weighted by Gasteiger charge is -2.38. The highest BCUT2D eigenvalue weighted by Crippen LogP contribution is 2.26. The number of rotatable bonds is 5. The van der Waals surface area contributed by atoms with Crippen LogP contribution in [0.2, 0.25) is 5.02 Å². The zero-order valence-electron chi connectivity index (χ0n) is 17.8. The minimum absolute atomic E-state index is 0.0254. The standard InChI is InChI=1S/C23H27ClFN3O3S/c24-22-15-20(25)9-8-18(22)16-26-11-13-27(14-12-26)23(29)19-5-4-10-28(17-19)32(30,31)21-6-2-1-3-7-21/h1-3,6-9,15,19H,4-5,10-14,16-17H2. The molecule has 32 heavy (non-hydrogen) atoms. The van der Waals surface area contributed by atoms with Gasteiger partial charge in [-0.3, -0.25) is 9.69 Å². The quantitative estimate of drug-likeness (QED) is 0.660. The Kier molecular flexibility index (Phi) is 7.14. The van der Waals surface area contributed by atoms with Gasteiger partial charge >= 0.3 is 0 Å². The lowest BCUT2D eigenvalue weighted by molar-refractivity contribution is -0.138. The maximum absolute atomic E-state index is 13.3. The summed E-state index contributed by atoms with van der Waals surface area (Å²) in [5.74, 6) is -0.650. The van der Waals surface area contributed by atoms with Crippen molar-refractivity contribution in [1.29, 1.82) is 0 Å². The Morgan fingerprint density at radius 3 is 2.44 bits per heavy atom. The average Bonchev–Trinajstić information content (AvgIpc) is 2.81. The molecule has 2 saturated heterocycles. The molecule has 0 bridgehead atoms. The molecule has 2 aromatic carbocycles. The third-order valence-corrected chi connectivity index (χ3v) is 8.44. The molecule has 2 heterocycles. The molecule has 2 aromatic rings. The molecular formula is C23H27ClFN3O3S. The summed E-state index contributed by atoms with van der Waals surface area (Å²) in [5, 5.41) is 0.408. The molecule has 0 spiro atoms. The van der Waals surface area contributed by atoms with E-state index in [1.54, 1.807) is 36.4 Å². The molecular weight excluding hydrogens is 453 g/mol. The molecule has 0 aliphatic carbocycles. The second kappa shape index (κ2) is 9.87. The van der Waals surface area contributed by atoms with Gasteiger partial charge in [0.05, 0.1) is 10.8 Å². The molecule has 172 valence electrons. The van der Waals surface area contributed by atoms with Crippen LogP contribution in [0.5, 0.6) is 0 Å². The first-order valence-corrected chi connectivity index (χ1v) is 12.7. The third-order valence-electron chi connectivity index (χ3n) is 6.21. The number of hydrogen-bond acceptors (Lipinski definition) is 4. The topological polar surface area (TPSA) is 60.9 Å². The van der Waals surface area contributed by atoms with Crippen LogP contribution in [0.1, 0.15) is 18.4 Å². The van der Waals surface area contributed by atoms with Gasteiger partial charge in [0, 0.05) is 50.8 Å². The minimum Gasteiger partial charge on any atom is -0.340 e. The normalized spacial score (nSPS) is 20.9. The smallest absolute Gasteiger partial charge is 0.243 e. The predicted molar refractivity (Wildman–Crippen MR) is 121 cm³/mol. The van der Waals surface area contributed by atoms with Crippen LogP contribution >= 0.6 is 11.6 Å². The summed E-state index contributed by atoms with van der Waals surface area (Å²) in [6.07, 6.45) is 1.37. The Hall–Kier alpha value is -2.00. The largest absolute Gasteiger partial charge is 0.340 e. The van der Waals surface area contributed by atoms with Gasteiger partial charge in [-0.05, 0) is 42.7 Å². The summed E-state index contributed by atoms with van der Waals surface area (Å²) < 4.78 is 40.6. The summed E-state index contributed by atoms with van der Waals surface area (Å²) in [5.41, 5.74) is 0.863. The second-order valence-corrected chi connectivity index (χ2v) is 10.7. The van der Waals surface area contributed by atoms with Gasteiger partial charge in [0.25, 0.3) is 0 Å². The van der Waals surface area contributed by atoms with Crippen LogP contribution in [0, 0.1) is 11.7 Å². The molecule has 2 aliphatic rings. The van der Waals surface area contributed by atoms with Crippen molar-refractivity contribution in [2.24, 2.45) is 5.92 Å². The number of carbonyl (C=O) groups is 1. The predicted octanol–water partition coefficient (Wildman–Crippen LogP) is 3.22. The van der Waals surface area contributed by atoms with E-state index in [-0.39, 0.29) is 29.1 Å². The van der Waals surface area contributed by atoms with Crippen molar-refractivity contribution < 1.29 is 17.6 Å². The Labute approximate surface area is 193 Å². The van der Waals surface area contributed by atoms with Crippen LogP contribution in [-0.2, 0) is 21.4 Å². The molecule has 4 rings (SSSR count). The molecule has 2 aliphatic heterocycles. The number of piperazine rings is 1. The lowest BCUT2D eigenvalue weighted by atomic mass is 9.97. The molecule has 0 radical (unpaired) electrons.